The molecule has 0 saturated heterocycles. The molecule has 0 spiro atoms. The molecular formula is C16H16O. The topological polar surface area (TPSA) is 9.23 Å². The number of benzene rings is 2. The van der Waals surface area contributed by atoms with E-state index < -0.39 is 0 Å². The van der Waals surface area contributed by atoms with E-state index >= 15 is 0 Å². The van der Waals surface area contributed by atoms with E-state index in [1.54, 1.807) is 0 Å². The number of ether oxygens (including phenoxy) is 1. The molecule has 17 heavy (non-hydrogen) atoms. The molecule has 0 aromatic heterocycles. The molecule has 1 heteroatoms. The first-order valence-electron chi connectivity index (χ1n) is 5.85. The van der Waals surface area contributed by atoms with E-state index in [1.807, 2.05) is 43.3 Å². The largest absolute Gasteiger partial charge is 0.493 e. The zero-order chi connectivity index (χ0) is 11.9. The Morgan fingerprint density at radius 1 is 0.941 bits per heavy atom. The summed E-state index contributed by atoms with van der Waals surface area (Å²) in [5.74, 6) is 0.916. The van der Waals surface area contributed by atoms with Crippen LogP contribution in [0.1, 0.15) is 18.1 Å². The summed E-state index contributed by atoms with van der Waals surface area (Å²) >= 11 is 0. The molecule has 1 nitrogen and oxygen atoms in total. The minimum atomic E-state index is 0.674. The van der Waals surface area contributed by atoms with Crippen molar-refractivity contribution in [2.75, 3.05) is 6.61 Å². The molecule has 0 aliphatic rings. The maximum Gasteiger partial charge on any atom is 0.127 e. The molecule has 0 N–H and O–H groups in total. The molecule has 0 aliphatic heterocycles. The second-order valence-corrected chi connectivity index (χ2v) is 3.72. The van der Waals surface area contributed by atoms with E-state index in [9.17, 15) is 0 Å². The van der Waals surface area contributed by atoms with E-state index in [-0.39, 0.29) is 0 Å². The van der Waals surface area contributed by atoms with Crippen molar-refractivity contribution in [2.45, 2.75) is 6.92 Å². The van der Waals surface area contributed by atoms with E-state index in [1.165, 1.54) is 0 Å². The Hall–Kier alpha value is -2.02. The molecule has 0 fully saturated rings. The third-order valence-corrected chi connectivity index (χ3v) is 2.46. The highest BCUT2D eigenvalue weighted by Crippen LogP contribution is 2.19. The van der Waals surface area contributed by atoms with Crippen LogP contribution >= 0.6 is 0 Å². The lowest BCUT2D eigenvalue weighted by Gasteiger charge is -2.08. The average Bonchev–Trinajstić information content (AvgIpc) is 2.40. The van der Waals surface area contributed by atoms with Crippen LogP contribution in [0.15, 0.2) is 60.7 Å². The van der Waals surface area contributed by atoms with Crippen molar-refractivity contribution >= 4 is 11.8 Å². The van der Waals surface area contributed by atoms with Crippen LogP contribution in [-0.2, 0) is 4.74 Å². The summed E-state index contributed by atoms with van der Waals surface area (Å²) in [5.41, 5.74) is 2.26. The third-order valence-electron chi connectivity index (χ3n) is 2.46. The molecular weight excluding hydrogens is 208 g/mol. The Morgan fingerprint density at radius 3 is 2.12 bits per heavy atom. The van der Waals surface area contributed by atoms with E-state index in [0.717, 1.165) is 16.9 Å². The number of hydrogen-bond donors (Lipinski definition) is 0. The van der Waals surface area contributed by atoms with Gasteiger partial charge in [-0.25, -0.2) is 0 Å². The normalized spacial score (nSPS) is 11.2. The molecule has 0 bridgehead atoms. The van der Waals surface area contributed by atoms with Crippen LogP contribution in [-0.4, -0.2) is 6.61 Å². The van der Waals surface area contributed by atoms with Crippen LogP contribution in [0.5, 0.6) is 0 Å². The summed E-state index contributed by atoms with van der Waals surface area (Å²) in [4.78, 5) is 0. The zero-order valence-corrected chi connectivity index (χ0v) is 9.97. The fraction of sp³-hybridized carbons (Fsp3) is 0.125. The van der Waals surface area contributed by atoms with Crippen molar-refractivity contribution in [3.63, 3.8) is 0 Å². The molecule has 0 radical (unpaired) electrons. The molecule has 0 saturated carbocycles. The van der Waals surface area contributed by atoms with Crippen LogP contribution in [0.2, 0.25) is 0 Å². The maximum absolute atomic E-state index is 5.69. The van der Waals surface area contributed by atoms with Crippen LogP contribution in [0.3, 0.4) is 0 Å². The first-order chi connectivity index (χ1) is 8.40. The fourth-order valence-corrected chi connectivity index (χ4v) is 1.67. The lowest BCUT2D eigenvalue weighted by Crippen LogP contribution is -1.91. The Balaban J connectivity index is 2.33. The number of hydrogen-bond acceptors (Lipinski definition) is 1. The minimum absolute atomic E-state index is 0.674. The second-order valence-electron chi connectivity index (χ2n) is 3.72. The SMILES string of the molecule is CCO/C(=C\c1ccccc1)c1ccccc1. The molecule has 0 amide bonds. The number of rotatable bonds is 4. The van der Waals surface area contributed by atoms with Gasteiger partial charge in [0.05, 0.1) is 6.61 Å². The molecule has 2 aromatic rings. The van der Waals surface area contributed by atoms with Gasteiger partial charge in [-0.2, -0.15) is 0 Å². The highest BCUT2D eigenvalue weighted by molar-refractivity contribution is 5.77. The van der Waals surface area contributed by atoms with E-state index in [0.29, 0.717) is 6.61 Å². The third kappa shape index (κ3) is 3.22. The van der Waals surface area contributed by atoms with Crippen molar-refractivity contribution in [1.29, 1.82) is 0 Å². The van der Waals surface area contributed by atoms with Gasteiger partial charge in [0.1, 0.15) is 5.76 Å². The summed E-state index contributed by atoms with van der Waals surface area (Å²) in [6, 6.07) is 20.4. The van der Waals surface area contributed by atoms with Gasteiger partial charge in [0, 0.05) is 5.56 Å². The van der Waals surface area contributed by atoms with Crippen molar-refractivity contribution in [3.8, 4) is 0 Å². The smallest absolute Gasteiger partial charge is 0.127 e. The summed E-state index contributed by atoms with van der Waals surface area (Å²) in [5, 5.41) is 0. The maximum atomic E-state index is 5.69. The summed E-state index contributed by atoms with van der Waals surface area (Å²) in [6.45, 7) is 2.68. The Bertz CT molecular complexity index is 471. The van der Waals surface area contributed by atoms with E-state index in [2.05, 4.69) is 30.3 Å². The van der Waals surface area contributed by atoms with Crippen LogP contribution in [0.4, 0.5) is 0 Å². The van der Waals surface area contributed by atoms with Gasteiger partial charge < -0.3 is 4.74 Å². The lowest BCUT2D eigenvalue weighted by molar-refractivity contribution is 0.300. The van der Waals surface area contributed by atoms with Gasteiger partial charge in [0.25, 0.3) is 0 Å². The summed E-state index contributed by atoms with van der Waals surface area (Å²) in [7, 11) is 0. The van der Waals surface area contributed by atoms with Crippen molar-refractivity contribution in [1.82, 2.24) is 0 Å². The lowest BCUT2D eigenvalue weighted by atomic mass is 10.1. The van der Waals surface area contributed by atoms with E-state index in [4.69, 9.17) is 4.74 Å². The van der Waals surface area contributed by atoms with Crippen molar-refractivity contribution in [3.05, 3.63) is 71.8 Å². The Morgan fingerprint density at radius 2 is 1.53 bits per heavy atom. The Kier molecular flexibility index (Phi) is 3.98. The standard InChI is InChI=1S/C16H16O/c1-2-17-16(15-11-7-4-8-12-15)13-14-9-5-3-6-10-14/h3-13H,2H2,1H3/b16-13-. The van der Waals surface area contributed by atoms with Gasteiger partial charge >= 0.3 is 0 Å². The monoisotopic (exact) mass is 224 g/mol. The predicted molar refractivity (Wildman–Crippen MR) is 72.4 cm³/mol. The van der Waals surface area contributed by atoms with Crippen LogP contribution < -0.4 is 0 Å². The zero-order valence-electron chi connectivity index (χ0n) is 9.97. The second kappa shape index (κ2) is 5.90. The fourth-order valence-electron chi connectivity index (χ4n) is 1.67. The highest BCUT2D eigenvalue weighted by Gasteiger charge is 2.01. The van der Waals surface area contributed by atoms with Crippen molar-refractivity contribution in [2.24, 2.45) is 0 Å². The molecule has 2 aromatic carbocycles. The van der Waals surface area contributed by atoms with Gasteiger partial charge in [-0.1, -0.05) is 60.7 Å². The van der Waals surface area contributed by atoms with Gasteiger partial charge in [-0.05, 0) is 18.6 Å². The molecule has 0 aliphatic carbocycles. The molecule has 0 heterocycles. The average molecular weight is 224 g/mol. The quantitative estimate of drug-likeness (QED) is 0.558. The van der Waals surface area contributed by atoms with Gasteiger partial charge in [-0.3, -0.25) is 0 Å². The first-order valence-corrected chi connectivity index (χ1v) is 5.85. The molecule has 0 unspecified atom stereocenters. The summed E-state index contributed by atoms with van der Waals surface area (Å²) in [6.07, 6.45) is 2.07. The molecule has 2 rings (SSSR count). The predicted octanol–water partition coefficient (Wildman–Crippen LogP) is 4.22. The highest BCUT2D eigenvalue weighted by atomic mass is 16.5. The van der Waals surface area contributed by atoms with Gasteiger partial charge in [0.15, 0.2) is 0 Å². The van der Waals surface area contributed by atoms with Gasteiger partial charge in [0.2, 0.25) is 0 Å². The molecule has 0 atom stereocenters. The van der Waals surface area contributed by atoms with Crippen molar-refractivity contribution < 1.29 is 4.74 Å². The van der Waals surface area contributed by atoms with Crippen LogP contribution in [0.25, 0.3) is 11.8 Å². The minimum Gasteiger partial charge on any atom is -0.493 e. The Labute approximate surface area is 102 Å². The summed E-state index contributed by atoms with van der Waals surface area (Å²) < 4.78 is 5.69. The van der Waals surface area contributed by atoms with Crippen LogP contribution in [0, 0.1) is 0 Å². The molecule has 86 valence electrons. The van der Waals surface area contributed by atoms with Gasteiger partial charge in [-0.15, -0.1) is 0 Å². The first kappa shape index (κ1) is 11.5.